The van der Waals surface area contributed by atoms with Gasteiger partial charge in [0.2, 0.25) is 0 Å². The van der Waals surface area contributed by atoms with Crippen LogP contribution in [0, 0.1) is 0 Å². The molecule has 0 aromatic heterocycles. The van der Waals surface area contributed by atoms with Gasteiger partial charge < -0.3 is 19.9 Å². The highest BCUT2D eigenvalue weighted by Crippen LogP contribution is 2.29. The molecule has 0 spiro atoms. The second-order valence-corrected chi connectivity index (χ2v) is 5.14. The third kappa shape index (κ3) is 4.20. The van der Waals surface area contributed by atoms with Crippen molar-refractivity contribution in [1.82, 2.24) is 0 Å². The first-order valence-corrected chi connectivity index (χ1v) is 5.99. The van der Waals surface area contributed by atoms with Crippen molar-refractivity contribution in [2.45, 2.75) is 32.4 Å². The number of hydrogen-bond donors (Lipinski definition) is 1. The molecule has 1 unspecified atom stereocenters. The van der Waals surface area contributed by atoms with Gasteiger partial charge in [-0.1, -0.05) is 0 Å². The largest absolute Gasteiger partial charge is 0.497 e. The summed E-state index contributed by atoms with van der Waals surface area (Å²) in [5.74, 6) is 1.51. The van der Waals surface area contributed by atoms with Crippen molar-refractivity contribution in [1.29, 1.82) is 0 Å². The van der Waals surface area contributed by atoms with E-state index in [1.807, 2.05) is 39.0 Å². The highest BCUT2D eigenvalue weighted by Gasteiger charge is 2.17. The molecule has 0 fully saturated rings. The zero-order valence-electron chi connectivity index (χ0n) is 11.8. The summed E-state index contributed by atoms with van der Waals surface area (Å²) in [7, 11) is 3.26. The quantitative estimate of drug-likeness (QED) is 0.876. The molecule has 0 heterocycles. The van der Waals surface area contributed by atoms with E-state index in [4.69, 9.17) is 19.9 Å². The number of benzene rings is 1. The Bertz CT molecular complexity index is 385. The summed E-state index contributed by atoms with van der Waals surface area (Å²) in [5.41, 5.74) is 6.83. The van der Waals surface area contributed by atoms with Crippen LogP contribution < -0.4 is 15.2 Å². The van der Waals surface area contributed by atoms with E-state index in [0.717, 1.165) is 17.1 Å². The van der Waals surface area contributed by atoms with Gasteiger partial charge in [0, 0.05) is 5.56 Å². The predicted octanol–water partition coefficient (Wildman–Crippen LogP) is 2.52. The van der Waals surface area contributed by atoms with Crippen molar-refractivity contribution < 1.29 is 14.2 Å². The standard InChI is InChI=1S/C14H23NO3/c1-14(2,3)18-9-12(15)11-8-10(16-4)6-7-13(11)17-5/h6-8,12H,9,15H2,1-5H3. The van der Waals surface area contributed by atoms with Crippen LogP contribution in [0.5, 0.6) is 11.5 Å². The molecule has 1 aromatic rings. The molecule has 2 N–H and O–H groups in total. The van der Waals surface area contributed by atoms with E-state index in [9.17, 15) is 0 Å². The molecule has 1 rings (SSSR count). The molecule has 0 saturated carbocycles. The smallest absolute Gasteiger partial charge is 0.123 e. The molecule has 18 heavy (non-hydrogen) atoms. The molecule has 0 aliphatic rings. The molecule has 0 saturated heterocycles. The van der Waals surface area contributed by atoms with Gasteiger partial charge in [-0.15, -0.1) is 0 Å². The van der Waals surface area contributed by atoms with Gasteiger partial charge in [-0.25, -0.2) is 0 Å². The minimum atomic E-state index is -0.241. The second-order valence-electron chi connectivity index (χ2n) is 5.14. The molecule has 0 bridgehead atoms. The minimum Gasteiger partial charge on any atom is -0.497 e. The maximum atomic E-state index is 6.14. The number of nitrogens with two attached hydrogens (primary N) is 1. The Balaban J connectivity index is 2.85. The third-order valence-corrected chi connectivity index (χ3v) is 2.53. The maximum Gasteiger partial charge on any atom is 0.123 e. The molecular weight excluding hydrogens is 230 g/mol. The highest BCUT2D eigenvalue weighted by atomic mass is 16.5. The molecular formula is C14H23NO3. The molecule has 0 aliphatic heterocycles. The van der Waals surface area contributed by atoms with Gasteiger partial charge in [0.1, 0.15) is 11.5 Å². The van der Waals surface area contributed by atoms with E-state index in [1.54, 1.807) is 14.2 Å². The summed E-state index contributed by atoms with van der Waals surface area (Å²) in [4.78, 5) is 0. The number of methoxy groups -OCH3 is 2. The van der Waals surface area contributed by atoms with Crippen LogP contribution in [0.4, 0.5) is 0 Å². The summed E-state index contributed by atoms with van der Waals surface area (Å²) in [6.45, 7) is 6.45. The maximum absolute atomic E-state index is 6.14. The highest BCUT2D eigenvalue weighted by molar-refractivity contribution is 5.42. The van der Waals surface area contributed by atoms with Crippen molar-refractivity contribution in [2.24, 2.45) is 5.73 Å². The van der Waals surface area contributed by atoms with E-state index in [2.05, 4.69) is 0 Å². The van der Waals surface area contributed by atoms with Crippen LogP contribution in [0.1, 0.15) is 32.4 Å². The van der Waals surface area contributed by atoms with Gasteiger partial charge >= 0.3 is 0 Å². The Labute approximate surface area is 109 Å². The predicted molar refractivity (Wildman–Crippen MR) is 72.2 cm³/mol. The van der Waals surface area contributed by atoms with Gasteiger partial charge in [0.25, 0.3) is 0 Å². The Hall–Kier alpha value is -1.26. The van der Waals surface area contributed by atoms with Crippen molar-refractivity contribution in [3.8, 4) is 11.5 Å². The van der Waals surface area contributed by atoms with E-state index in [0.29, 0.717) is 6.61 Å². The number of ether oxygens (including phenoxy) is 3. The third-order valence-electron chi connectivity index (χ3n) is 2.53. The van der Waals surface area contributed by atoms with Crippen LogP contribution in [0.3, 0.4) is 0 Å². The fourth-order valence-electron chi connectivity index (χ4n) is 1.56. The zero-order chi connectivity index (χ0) is 13.8. The summed E-state index contributed by atoms with van der Waals surface area (Å²) in [6.07, 6.45) is 0. The Morgan fingerprint density at radius 2 is 1.83 bits per heavy atom. The van der Waals surface area contributed by atoms with Crippen LogP contribution in [0.2, 0.25) is 0 Å². The fourth-order valence-corrected chi connectivity index (χ4v) is 1.56. The van der Waals surface area contributed by atoms with Gasteiger partial charge in [-0.2, -0.15) is 0 Å². The molecule has 0 aliphatic carbocycles. The van der Waals surface area contributed by atoms with Crippen LogP contribution in [-0.4, -0.2) is 26.4 Å². The topological polar surface area (TPSA) is 53.7 Å². The van der Waals surface area contributed by atoms with Crippen LogP contribution >= 0.6 is 0 Å². The summed E-state index contributed by atoms with van der Waals surface area (Å²) in [6, 6.07) is 5.34. The van der Waals surface area contributed by atoms with Crippen molar-refractivity contribution >= 4 is 0 Å². The lowest BCUT2D eigenvalue weighted by atomic mass is 10.1. The molecule has 4 heteroatoms. The summed E-state index contributed by atoms with van der Waals surface area (Å²) >= 11 is 0. The second kappa shape index (κ2) is 6.07. The lowest BCUT2D eigenvalue weighted by molar-refractivity contribution is -0.0104. The van der Waals surface area contributed by atoms with Gasteiger partial charge in [0.15, 0.2) is 0 Å². The van der Waals surface area contributed by atoms with Gasteiger partial charge in [0.05, 0.1) is 32.5 Å². The first-order chi connectivity index (χ1) is 8.37. The van der Waals surface area contributed by atoms with E-state index in [-0.39, 0.29) is 11.6 Å². The molecule has 102 valence electrons. The van der Waals surface area contributed by atoms with Gasteiger partial charge in [-0.05, 0) is 39.0 Å². The molecule has 1 aromatic carbocycles. The monoisotopic (exact) mass is 253 g/mol. The number of rotatable bonds is 5. The average molecular weight is 253 g/mol. The zero-order valence-corrected chi connectivity index (χ0v) is 11.8. The molecule has 1 atom stereocenters. The summed E-state index contributed by atoms with van der Waals surface area (Å²) in [5, 5.41) is 0. The first-order valence-electron chi connectivity index (χ1n) is 5.99. The lowest BCUT2D eigenvalue weighted by Gasteiger charge is -2.23. The van der Waals surface area contributed by atoms with Crippen molar-refractivity contribution in [2.75, 3.05) is 20.8 Å². The number of hydrogen-bond acceptors (Lipinski definition) is 4. The van der Waals surface area contributed by atoms with E-state index >= 15 is 0 Å². The fraction of sp³-hybridized carbons (Fsp3) is 0.571. The van der Waals surface area contributed by atoms with Gasteiger partial charge in [-0.3, -0.25) is 0 Å². The van der Waals surface area contributed by atoms with Crippen molar-refractivity contribution in [3.63, 3.8) is 0 Å². The van der Waals surface area contributed by atoms with Crippen molar-refractivity contribution in [3.05, 3.63) is 23.8 Å². The average Bonchev–Trinajstić information content (AvgIpc) is 2.34. The summed E-state index contributed by atoms with van der Waals surface area (Å²) < 4.78 is 16.2. The molecule has 4 nitrogen and oxygen atoms in total. The first kappa shape index (κ1) is 14.8. The normalized spacial score (nSPS) is 13.2. The SMILES string of the molecule is COc1ccc(OC)c(C(N)COC(C)(C)C)c1. The van der Waals surface area contributed by atoms with Crippen LogP contribution in [-0.2, 0) is 4.74 Å². The van der Waals surface area contributed by atoms with Crippen LogP contribution in [0.15, 0.2) is 18.2 Å². The lowest BCUT2D eigenvalue weighted by Crippen LogP contribution is -2.26. The Kier molecular flexibility index (Phi) is 4.99. The molecule has 0 radical (unpaired) electrons. The molecule has 0 amide bonds. The van der Waals surface area contributed by atoms with E-state index < -0.39 is 0 Å². The van der Waals surface area contributed by atoms with E-state index in [1.165, 1.54) is 0 Å². The minimum absolute atomic E-state index is 0.205. The van der Waals surface area contributed by atoms with Crippen LogP contribution in [0.25, 0.3) is 0 Å². The Morgan fingerprint density at radius 1 is 1.17 bits per heavy atom. The Morgan fingerprint density at radius 3 is 2.33 bits per heavy atom.